The first kappa shape index (κ1) is 13.4. The average Bonchev–Trinajstić information content (AvgIpc) is 2.14. The summed E-state index contributed by atoms with van der Waals surface area (Å²) in [4.78, 5) is 11.2. The summed E-state index contributed by atoms with van der Waals surface area (Å²) < 4.78 is 0. The van der Waals surface area contributed by atoms with Crippen molar-refractivity contribution in [1.82, 2.24) is 10.6 Å². The summed E-state index contributed by atoms with van der Waals surface area (Å²) in [5.41, 5.74) is 0. The molecule has 0 aliphatic rings. The molecule has 0 saturated heterocycles. The minimum atomic E-state index is -0.867. The predicted octanol–water partition coefficient (Wildman–Crippen LogP) is -1.16. The molecule has 1 amide bonds. The van der Waals surface area contributed by atoms with E-state index in [-0.39, 0.29) is 25.1 Å². The maximum atomic E-state index is 11.2. The summed E-state index contributed by atoms with van der Waals surface area (Å²) >= 11 is 0. The molecule has 0 aromatic rings. The SMILES string of the molecule is CCNC(C)CC(=O)NCC(O)CO. The van der Waals surface area contributed by atoms with Crippen LogP contribution in [0.1, 0.15) is 20.3 Å². The zero-order valence-electron chi connectivity index (χ0n) is 8.79. The molecule has 0 aromatic carbocycles. The monoisotopic (exact) mass is 204 g/mol. The van der Waals surface area contributed by atoms with Gasteiger partial charge in [0.2, 0.25) is 5.91 Å². The zero-order chi connectivity index (χ0) is 11.0. The second kappa shape index (κ2) is 7.73. The maximum Gasteiger partial charge on any atom is 0.221 e. The highest BCUT2D eigenvalue weighted by Crippen LogP contribution is 1.90. The number of hydrogen-bond acceptors (Lipinski definition) is 4. The van der Waals surface area contributed by atoms with Crippen LogP contribution in [-0.4, -0.2) is 48.0 Å². The summed E-state index contributed by atoms with van der Waals surface area (Å²) in [6.07, 6.45) is -0.486. The Labute approximate surface area is 84.5 Å². The summed E-state index contributed by atoms with van der Waals surface area (Å²) in [5.74, 6) is -0.119. The van der Waals surface area contributed by atoms with Crippen molar-refractivity contribution in [2.45, 2.75) is 32.4 Å². The van der Waals surface area contributed by atoms with Crippen molar-refractivity contribution < 1.29 is 15.0 Å². The molecule has 0 aliphatic carbocycles. The molecule has 0 fully saturated rings. The lowest BCUT2D eigenvalue weighted by Crippen LogP contribution is -2.37. The van der Waals surface area contributed by atoms with Gasteiger partial charge >= 0.3 is 0 Å². The Morgan fingerprint density at radius 2 is 2.14 bits per heavy atom. The van der Waals surface area contributed by atoms with Crippen LogP contribution in [0.15, 0.2) is 0 Å². The lowest BCUT2D eigenvalue weighted by molar-refractivity contribution is -0.122. The fourth-order valence-corrected chi connectivity index (χ4v) is 1.07. The Morgan fingerprint density at radius 3 is 2.64 bits per heavy atom. The van der Waals surface area contributed by atoms with E-state index >= 15 is 0 Å². The van der Waals surface area contributed by atoms with E-state index in [9.17, 15) is 4.79 Å². The normalized spacial score (nSPS) is 14.9. The van der Waals surface area contributed by atoms with Crippen LogP contribution in [0.4, 0.5) is 0 Å². The number of aliphatic hydroxyl groups excluding tert-OH is 2. The quantitative estimate of drug-likeness (QED) is 0.422. The number of hydrogen-bond donors (Lipinski definition) is 4. The van der Waals surface area contributed by atoms with Gasteiger partial charge in [0, 0.05) is 19.0 Å². The lowest BCUT2D eigenvalue weighted by atomic mass is 10.2. The number of carbonyl (C=O) groups excluding carboxylic acids is 1. The molecule has 0 saturated carbocycles. The summed E-state index contributed by atoms with van der Waals surface area (Å²) in [6, 6.07) is 0.131. The van der Waals surface area contributed by atoms with Crippen LogP contribution >= 0.6 is 0 Å². The molecule has 0 aliphatic heterocycles. The van der Waals surface area contributed by atoms with E-state index in [1.54, 1.807) is 0 Å². The molecule has 2 atom stereocenters. The molecule has 0 radical (unpaired) electrons. The molecule has 0 aromatic heterocycles. The summed E-state index contributed by atoms with van der Waals surface area (Å²) in [7, 11) is 0. The van der Waals surface area contributed by atoms with Gasteiger partial charge < -0.3 is 20.8 Å². The minimum Gasteiger partial charge on any atom is -0.394 e. The van der Waals surface area contributed by atoms with Gasteiger partial charge in [0.05, 0.1) is 12.7 Å². The van der Waals surface area contributed by atoms with Crippen molar-refractivity contribution in [2.75, 3.05) is 19.7 Å². The largest absolute Gasteiger partial charge is 0.394 e. The molecule has 5 nitrogen and oxygen atoms in total. The van der Waals surface area contributed by atoms with Crippen molar-refractivity contribution in [3.63, 3.8) is 0 Å². The maximum absolute atomic E-state index is 11.2. The highest BCUT2D eigenvalue weighted by molar-refractivity contribution is 5.76. The number of aliphatic hydroxyl groups is 2. The third-order valence-electron chi connectivity index (χ3n) is 1.79. The van der Waals surface area contributed by atoms with Gasteiger partial charge in [-0.05, 0) is 13.5 Å². The smallest absolute Gasteiger partial charge is 0.221 e. The molecule has 5 heteroatoms. The van der Waals surface area contributed by atoms with E-state index in [0.29, 0.717) is 6.42 Å². The van der Waals surface area contributed by atoms with Gasteiger partial charge in [0.15, 0.2) is 0 Å². The third kappa shape index (κ3) is 6.82. The highest BCUT2D eigenvalue weighted by atomic mass is 16.3. The fourth-order valence-electron chi connectivity index (χ4n) is 1.07. The molecule has 84 valence electrons. The van der Waals surface area contributed by atoms with Crippen LogP contribution in [0, 0.1) is 0 Å². The third-order valence-corrected chi connectivity index (χ3v) is 1.79. The van der Waals surface area contributed by atoms with Gasteiger partial charge in [-0.25, -0.2) is 0 Å². The standard InChI is InChI=1S/C9H20N2O3/c1-3-10-7(2)4-9(14)11-5-8(13)6-12/h7-8,10,12-13H,3-6H2,1-2H3,(H,11,14). The van der Waals surface area contributed by atoms with Crippen LogP contribution in [0.5, 0.6) is 0 Å². The van der Waals surface area contributed by atoms with Crippen LogP contribution < -0.4 is 10.6 Å². The van der Waals surface area contributed by atoms with Gasteiger partial charge in [-0.1, -0.05) is 6.92 Å². The lowest BCUT2D eigenvalue weighted by Gasteiger charge is -2.13. The Balaban J connectivity index is 3.54. The van der Waals surface area contributed by atoms with Gasteiger partial charge in [-0.3, -0.25) is 4.79 Å². The van der Waals surface area contributed by atoms with Crippen LogP contribution in [0.2, 0.25) is 0 Å². The average molecular weight is 204 g/mol. The molecule has 2 unspecified atom stereocenters. The summed E-state index contributed by atoms with van der Waals surface area (Å²) in [5, 5.41) is 23.1. The Morgan fingerprint density at radius 1 is 1.50 bits per heavy atom. The Bertz CT molecular complexity index is 164. The van der Waals surface area contributed by atoms with Crippen molar-refractivity contribution in [3.8, 4) is 0 Å². The second-order valence-electron chi connectivity index (χ2n) is 3.30. The molecular formula is C9H20N2O3. The fraction of sp³-hybridized carbons (Fsp3) is 0.889. The number of amides is 1. The first-order valence-electron chi connectivity index (χ1n) is 4.89. The number of rotatable bonds is 7. The second-order valence-corrected chi connectivity index (χ2v) is 3.30. The number of carbonyl (C=O) groups is 1. The molecule has 0 heterocycles. The van der Waals surface area contributed by atoms with Gasteiger partial charge in [-0.2, -0.15) is 0 Å². The zero-order valence-corrected chi connectivity index (χ0v) is 8.79. The molecule has 0 bridgehead atoms. The number of nitrogens with one attached hydrogen (secondary N) is 2. The van der Waals surface area contributed by atoms with E-state index in [1.165, 1.54) is 0 Å². The highest BCUT2D eigenvalue weighted by Gasteiger charge is 2.09. The van der Waals surface area contributed by atoms with Crippen LogP contribution in [-0.2, 0) is 4.79 Å². The van der Waals surface area contributed by atoms with E-state index in [2.05, 4.69) is 10.6 Å². The van der Waals surface area contributed by atoms with Crippen molar-refractivity contribution in [3.05, 3.63) is 0 Å². The Hall–Kier alpha value is -0.650. The molecule has 0 spiro atoms. The topological polar surface area (TPSA) is 81.6 Å². The van der Waals surface area contributed by atoms with E-state index in [4.69, 9.17) is 10.2 Å². The molecular weight excluding hydrogens is 184 g/mol. The van der Waals surface area contributed by atoms with Crippen LogP contribution in [0.3, 0.4) is 0 Å². The molecule has 4 N–H and O–H groups in total. The summed E-state index contributed by atoms with van der Waals surface area (Å²) in [6.45, 7) is 4.50. The first-order chi connectivity index (χ1) is 6.60. The van der Waals surface area contributed by atoms with Crippen LogP contribution in [0.25, 0.3) is 0 Å². The van der Waals surface area contributed by atoms with Gasteiger partial charge in [0.1, 0.15) is 0 Å². The first-order valence-corrected chi connectivity index (χ1v) is 4.89. The van der Waals surface area contributed by atoms with E-state index < -0.39 is 6.10 Å². The van der Waals surface area contributed by atoms with Gasteiger partial charge in [0.25, 0.3) is 0 Å². The van der Waals surface area contributed by atoms with E-state index in [0.717, 1.165) is 6.54 Å². The van der Waals surface area contributed by atoms with Crippen molar-refractivity contribution in [2.24, 2.45) is 0 Å². The minimum absolute atomic E-state index is 0.105. The van der Waals surface area contributed by atoms with Crippen molar-refractivity contribution in [1.29, 1.82) is 0 Å². The molecule has 14 heavy (non-hydrogen) atoms. The molecule has 0 rings (SSSR count). The Kier molecular flexibility index (Phi) is 7.37. The van der Waals surface area contributed by atoms with Crippen molar-refractivity contribution >= 4 is 5.91 Å². The van der Waals surface area contributed by atoms with E-state index in [1.807, 2.05) is 13.8 Å². The van der Waals surface area contributed by atoms with Gasteiger partial charge in [-0.15, -0.1) is 0 Å². The predicted molar refractivity (Wildman–Crippen MR) is 53.9 cm³/mol.